The minimum Gasteiger partial charge on any atom is -0.481 e. The molecule has 18 heavy (non-hydrogen) atoms. The van der Waals surface area contributed by atoms with Crippen molar-refractivity contribution in [2.24, 2.45) is 7.05 Å². The molecule has 0 atom stereocenters. The summed E-state index contributed by atoms with van der Waals surface area (Å²) in [6, 6.07) is 0. The highest BCUT2D eigenvalue weighted by Gasteiger charge is 2.29. The second-order valence-electron chi connectivity index (χ2n) is 3.56. The number of aryl methyl sites for hydroxylation is 1. The van der Waals surface area contributed by atoms with Crippen LogP contribution in [0.25, 0.3) is 0 Å². The molecule has 0 aliphatic rings. The lowest BCUT2D eigenvalue weighted by atomic mass is 10.4. The van der Waals surface area contributed by atoms with E-state index >= 15 is 0 Å². The van der Waals surface area contributed by atoms with Gasteiger partial charge >= 0.3 is 5.97 Å². The van der Waals surface area contributed by atoms with Crippen molar-refractivity contribution in [3.8, 4) is 0 Å². The molecule has 1 heterocycles. The molecule has 1 N–H and O–H groups in total. The molecule has 0 aromatic carbocycles. The smallest absolute Gasteiger partial charge is 0.304 e. The Morgan fingerprint density at radius 1 is 1.61 bits per heavy atom. The van der Waals surface area contributed by atoms with Gasteiger partial charge in [-0.05, 0) is 0 Å². The molecule has 0 radical (unpaired) electrons. The first-order chi connectivity index (χ1) is 8.30. The summed E-state index contributed by atoms with van der Waals surface area (Å²) < 4.78 is 26.7. The number of hydrogen-bond acceptors (Lipinski definition) is 4. The van der Waals surface area contributed by atoms with Crippen LogP contribution in [0.3, 0.4) is 0 Å². The van der Waals surface area contributed by atoms with Gasteiger partial charge in [-0.15, -0.1) is 0 Å². The fourth-order valence-corrected chi connectivity index (χ4v) is 3.54. The highest BCUT2D eigenvalue weighted by atomic mass is 35.5. The average Bonchev–Trinajstić information content (AvgIpc) is 2.58. The molecule has 0 bridgehead atoms. The number of nitrogens with zero attached hydrogens (tertiary/aromatic N) is 3. The predicted octanol–water partition coefficient (Wildman–Crippen LogP) is 0.559. The predicted molar refractivity (Wildman–Crippen MR) is 64.9 cm³/mol. The quantitative estimate of drug-likeness (QED) is 0.828. The molecule has 0 saturated carbocycles. The van der Waals surface area contributed by atoms with Crippen LogP contribution in [0, 0.1) is 0 Å². The summed E-state index contributed by atoms with van der Waals surface area (Å²) in [6.07, 6.45) is 0.974. The van der Waals surface area contributed by atoms with Crippen molar-refractivity contribution in [3.63, 3.8) is 0 Å². The van der Waals surface area contributed by atoms with Crippen molar-refractivity contribution in [2.45, 2.75) is 18.4 Å². The molecule has 102 valence electrons. The fraction of sp³-hybridized carbons (Fsp3) is 0.556. The standard InChI is InChI=1S/C9H14ClN3O4S/c1-3-13(5-4-8(14)15)18(16,17)9-7(10)6-11-12(9)2/h6H,3-5H2,1-2H3,(H,14,15). The number of sulfonamides is 1. The molecule has 0 saturated heterocycles. The zero-order valence-corrected chi connectivity index (χ0v) is 11.6. The van der Waals surface area contributed by atoms with Crippen LogP contribution in [-0.2, 0) is 21.9 Å². The zero-order chi connectivity index (χ0) is 13.9. The lowest BCUT2D eigenvalue weighted by Crippen LogP contribution is -2.34. The molecule has 1 aromatic rings. The van der Waals surface area contributed by atoms with Crippen LogP contribution in [-0.4, -0.2) is 46.7 Å². The summed E-state index contributed by atoms with van der Waals surface area (Å²) in [5.41, 5.74) is 0. The van der Waals surface area contributed by atoms with Gasteiger partial charge in [-0.1, -0.05) is 18.5 Å². The molecule has 0 aliphatic carbocycles. The van der Waals surface area contributed by atoms with Crippen molar-refractivity contribution < 1.29 is 18.3 Å². The Morgan fingerprint density at radius 3 is 2.61 bits per heavy atom. The number of carboxylic acid groups (broad SMARTS) is 1. The van der Waals surface area contributed by atoms with Gasteiger partial charge in [0.1, 0.15) is 0 Å². The highest BCUT2D eigenvalue weighted by molar-refractivity contribution is 7.89. The zero-order valence-electron chi connectivity index (χ0n) is 10.00. The first-order valence-electron chi connectivity index (χ1n) is 5.20. The molecule has 0 amide bonds. The fourth-order valence-electron chi connectivity index (χ4n) is 1.48. The molecule has 7 nitrogen and oxygen atoms in total. The van der Waals surface area contributed by atoms with Crippen LogP contribution in [0.5, 0.6) is 0 Å². The van der Waals surface area contributed by atoms with E-state index in [2.05, 4.69) is 5.10 Å². The Morgan fingerprint density at radius 2 is 2.22 bits per heavy atom. The Balaban J connectivity index is 3.07. The second kappa shape index (κ2) is 5.68. The first kappa shape index (κ1) is 14.9. The van der Waals surface area contributed by atoms with E-state index in [1.807, 2.05) is 0 Å². The van der Waals surface area contributed by atoms with Crippen LogP contribution >= 0.6 is 11.6 Å². The Hall–Kier alpha value is -1.12. The third-order valence-corrected chi connectivity index (χ3v) is 4.84. The Labute approximate surface area is 110 Å². The number of halogens is 1. The number of carbonyl (C=O) groups is 1. The summed E-state index contributed by atoms with van der Waals surface area (Å²) in [5, 5.41) is 12.2. The lowest BCUT2D eigenvalue weighted by Gasteiger charge is -2.19. The largest absolute Gasteiger partial charge is 0.481 e. The van der Waals surface area contributed by atoms with Gasteiger partial charge in [0.05, 0.1) is 17.6 Å². The molecule has 9 heteroatoms. The molecular formula is C9H14ClN3O4S. The number of hydrogen-bond donors (Lipinski definition) is 1. The van der Waals surface area contributed by atoms with Crippen molar-refractivity contribution in [1.29, 1.82) is 0 Å². The van der Waals surface area contributed by atoms with Crippen molar-refractivity contribution in [2.75, 3.05) is 13.1 Å². The summed E-state index contributed by atoms with van der Waals surface area (Å²) in [6.45, 7) is 1.69. The van der Waals surface area contributed by atoms with E-state index in [0.717, 1.165) is 8.99 Å². The van der Waals surface area contributed by atoms with Gasteiger partial charge in [0.2, 0.25) is 0 Å². The molecule has 1 rings (SSSR count). The van der Waals surface area contributed by atoms with Crippen LogP contribution in [0.15, 0.2) is 11.2 Å². The minimum absolute atomic E-state index is 0.0197. The SMILES string of the molecule is CCN(CCC(=O)O)S(=O)(=O)c1c(Cl)cnn1C. The number of aromatic nitrogens is 2. The molecule has 1 aromatic heterocycles. The van der Waals surface area contributed by atoms with Gasteiger partial charge < -0.3 is 5.11 Å². The molecule has 0 spiro atoms. The monoisotopic (exact) mass is 295 g/mol. The summed E-state index contributed by atoms with van der Waals surface area (Å²) in [4.78, 5) is 10.5. The molecule has 0 fully saturated rings. The van der Waals surface area contributed by atoms with Crippen molar-refractivity contribution >= 4 is 27.6 Å². The number of aliphatic carboxylic acids is 1. The molecular weight excluding hydrogens is 282 g/mol. The van der Waals surface area contributed by atoms with E-state index < -0.39 is 16.0 Å². The first-order valence-corrected chi connectivity index (χ1v) is 7.02. The summed E-state index contributed by atoms with van der Waals surface area (Å²) >= 11 is 5.79. The van der Waals surface area contributed by atoms with Crippen LogP contribution in [0.4, 0.5) is 0 Å². The van der Waals surface area contributed by atoms with Gasteiger partial charge in [-0.2, -0.15) is 9.40 Å². The normalized spacial score (nSPS) is 12.0. The van der Waals surface area contributed by atoms with Gasteiger partial charge in [0.15, 0.2) is 5.03 Å². The van der Waals surface area contributed by atoms with Crippen molar-refractivity contribution in [1.82, 2.24) is 14.1 Å². The van der Waals surface area contributed by atoms with Gasteiger partial charge in [-0.3, -0.25) is 9.48 Å². The maximum Gasteiger partial charge on any atom is 0.304 e. The third kappa shape index (κ3) is 3.01. The van der Waals surface area contributed by atoms with Crippen LogP contribution in [0.1, 0.15) is 13.3 Å². The lowest BCUT2D eigenvalue weighted by molar-refractivity contribution is -0.137. The summed E-state index contributed by atoms with van der Waals surface area (Å²) in [5.74, 6) is -1.06. The van der Waals surface area contributed by atoms with E-state index in [0.29, 0.717) is 0 Å². The number of carboxylic acids is 1. The van der Waals surface area contributed by atoms with E-state index in [-0.39, 0.29) is 29.6 Å². The minimum atomic E-state index is -3.83. The molecule has 0 aliphatic heterocycles. The topological polar surface area (TPSA) is 92.5 Å². The molecule has 0 unspecified atom stereocenters. The van der Waals surface area contributed by atoms with Gasteiger partial charge in [-0.25, -0.2) is 8.42 Å². The van der Waals surface area contributed by atoms with Gasteiger partial charge in [0.25, 0.3) is 10.0 Å². The maximum absolute atomic E-state index is 12.3. The van der Waals surface area contributed by atoms with Crippen molar-refractivity contribution in [3.05, 3.63) is 11.2 Å². The van der Waals surface area contributed by atoms with Crippen LogP contribution < -0.4 is 0 Å². The van der Waals surface area contributed by atoms with E-state index in [1.165, 1.54) is 13.2 Å². The summed E-state index contributed by atoms with van der Waals surface area (Å²) in [7, 11) is -2.36. The Bertz CT molecular complexity index is 521. The van der Waals surface area contributed by atoms with E-state index in [9.17, 15) is 13.2 Å². The highest BCUT2D eigenvalue weighted by Crippen LogP contribution is 2.23. The Kier molecular flexibility index (Phi) is 4.71. The maximum atomic E-state index is 12.3. The third-order valence-electron chi connectivity index (χ3n) is 2.35. The van der Waals surface area contributed by atoms with Crippen LogP contribution in [0.2, 0.25) is 5.02 Å². The van der Waals surface area contributed by atoms with E-state index in [4.69, 9.17) is 16.7 Å². The van der Waals surface area contributed by atoms with E-state index in [1.54, 1.807) is 6.92 Å². The second-order valence-corrected chi connectivity index (χ2v) is 5.82. The average molecular weight is 296 g/mol. The van der Waals surface area contributed by atoms with Gasteiger partial charge in [0, 0.05) is 20.1 Å². The number of rotatable bonds is 6.